The molecule has 0 bridgehead atoms. The molecule has 0 spiro atoms. The fraction of sp³-hybridized carbons (Fsp3) is 0.632. The third kappa shape index (κ3) is 2.05. The summed E-state index contributed by atoms with van der Waals surface area (Å²) in [4.78, 5) is 11.7. The predicted octanol–water partition coefficient (Wildman–Crippen LogP) is 3.53. The number of fused-ring (bicyclic) bond motifs is 2. The Morgan fingerprint density at radius 2 is 2.09 bits per heavy atom. The number of hydrogen-bond acceptors (Lipinski definition) is 3. The Morgan fingerprint density at radius 1 is 1.23 bits per heavy atom. The molecule has 3 nitrogen and oxygen atoms in total. The van der Waals surface area contributed by atoms with E-state index in [9.17, 15) is 4.79 Å². The van der Waals surface area contributed by atoms with Crippen LogP contribution in [0.2, 0.25) is 0 Å². The molecule has 1 saturated heterocycles. The van der Waals surface area contributed by atoms with E-state index < -0.39 is 0 Å². The van der Waals surface area contributed by atoms with E-state index in [1.54, 1.807) is 7.11 Å². The summed E-state index contributed by atoms with van der Waals surface area (Å²) in [6.45, 7) is 2.28. The molecule has 1 heterocycles. The maximum atomic E-state index is 11.7. The standard InChI is InChI=1S/C19H24O3/c1-19-11-18(20)22-17(19)8-7-16(19)14-4-3-13-10-15(21-2)6-5-12(13)9-14/h5-6,10,14,16-17H,3-4,7-9,11H2,1-2H3/t14-,16+,17-,19+/m1/s1. The second-order valence-electron chi connectivity index (χ2n) is 7.48. The zero-order valence-electron chi connectivity index (χ0n) is 13.4. The lowest BCUT2D eigenvalue weighted by molar-refractivity contribution is -0.141. The van der Waals surface area contributed by atoms with Crippen LogP contribution in [0.5, 0.6) is 5.75 Å². The Hall–Kier alpha value is -1.51. The van der Waals surface area contributed by atoms with Crippen molar-refractivity contribution in [2.24, 2.45) is 17.3 Å². The molecule has 118 valence electrons. The average molecular weight is 300 g/mol. The maximum Gasteiger partial charge on any atom is 0.306 e. The maximum absolute atomic E-state index is 11.7. The fourth-order valence-corrected chi connectivity index (χ4v) is 5.18. The second-order valence-corrected chi connectivity index (χ2v) is 7.48. The number of ether oxygens (including phenoxy) is 2. The summed E-state index contributed by atoms with van der Waals surface area (Å²) in [7, 11) is 1.73. The van der Waals surface area contributed by atoms with Crippen LogP contribution in [-0.4, -0.2) is 19.2 Å². The Morgan fingerprint density at radius 3 is 2.91 bits per heavy atom. The van der Waals surface area contributed by atoms with Crippen LogP contribution < -0.4 is 4.74 Å². The van der Waals surface area contributed by atoms with Gasteiger partial charge >= 0.3 is 5.97 Å². The Bertz CT molecular complexity index is 609. The molecule has 0 radical (unpaired) electrons. The Balaban J connectivity index is 1.56. The molecule has 1 aromatic rings. The summed E-state index contributed by atoms with van der Waals surface area (Å²) in [6, 6.07) is 6.49. The van der Waals surface area contributed by atoms with Crippen LogP contribution >= 0.6 is 0 Å². The third-order valence-corrected chi connectivity index (χ3v) is 6.37. The first-order valence-corrected chi connectivity index (χ1v) is 8.45. The van der Waals surface area contributed by atoms with E-state index in [1.807, 2.05) is 0 Å². The van der Waals surface area contributed by atoms with Crippen molar-refractivity contribution >= 4 is 5.97 Å². The van der Waals surface area contributed by atoms with Crippen molar-refractivity contribution in [1.29, 1.82) is 0 Å². The van der Waals surface area contributed by atoms with Crippen LogP contribution in [0.3, 0.4) is 0 Å². The van der Waals surface area contributed by atoms with Gasteiger partial charge in [0.1, 0.15) is 11.9 Å². The first kappa shape index (κ1) is 14.1. The zero-order chi connectivity index (χ0) is 15.3. The minimum atomic E-state index is 0.0122. The van der Waals surface area contributed by atoms with Gasteiger partial charge in [0.25, 0.3) is 0 Å². The smallest absolute Gasteiger partial charge is 0.306 e. The molecule has 0 unspecified atom stereocenters. The molecule has 3 heteroatoms. The highest BCUT2D eigenvalue weighted by Gasteiger charge is 2.56. The van der Waals surface area contributed by atoms with Gasteiger partial charge in [0.15, 0.2) is 0 Å². The van der Waals surface area contributed by atoms with E-state index >= 15 is 0 Å². The number of esters is 1. The normalized spacial score (nSPS) is 36.6. The molecule has 0 aromatic heterocycles. The van der Waals surface area contributed by atoms with Gasteiger partial charge in [-0.2, -0.15) is 0 Å². The Labute approximate surface area is 132 Å². The van der Waals surface area contributed by atoms with Crippen LogP contribution in [0.1, 0.15) is 43.7 Å². The minimum Gasteiger partial charge on any atom is -0.497 e. The van der Waals surface area contributed by atoms with Crippen LogP contribution in [-0.2, 0) is 22.4 Å². The summed E-state index contributed by atoms with van der Waals surface area (Å²) in [6.07, 6.45) is 6.55. The SMILES string of the molecule is COc1ccc2c(c1)CC[C@@H]([C@@H]1CC[C@H]3OC(=O)C[C@]31C)C2. The van der Waals surface area contributed by atoms with Gasteiger partial charge in [-0.3, -0.25) is 4.79 Å². The summed E-state index contributed by atoms with van der Waals surface area (Å²) in [5, 5.41) is 0. The van der Waals surface area contributed by atoms with Gasteiger partial charge in [-0.05, 0) is 67.2 Å². The minimum absolute atomic E-state index is 0.0122. The van der Waals surface area contributed by atoms with E-state index in [0.29, 0.717) is 18.3 Å². The first-order chi connectivity index (χ1) is 10.6. The number of carbonyl (C=O) groups is 1. The molecule has 0 N–H and O–H groups in total. The van der Waals surface area contributed by atoms with E-state index in [2.05, 4.69) is 25.1 Å². The van der Waals surface area contributed by atoms with Gasteiger partial charge in [-0.15, -0.1) is 0 Å². The van der Waals surface area contributed by atoms with Gasteiger partial charge in [-0.1, -0.05) is 13.0 Å². The molecule has 4 atom stereocenters. The lowest BCUT2D eigenvalue weighted by atomic mass is 9.66. The van der Waals surface area contributed by atoms with Crippen molar-refractivity contribution in [2.75, 3.05) is 7.11 Å². The first-order valence-electron chi connectivity index (χ1n) is 8.45. The monoisotopic (exact) mass is 300 g/mol. The largest absolute Gasteiger partial charge is 0.497 e. The van der Waals surface area contributed by atoms with Gasteiger partial charge in [0.2, 0.25) is 0 Å². The highest BCUT2D eigenvalue weighted by molar-refractivity contribution is 5.73. The summed E-state index contributed by atoms with van der Waals surface area (Å²) < 4.78 is 10.9. The van der Waals surface area contributed by atoms with Gasteiger partial charge in [0.05, 0.1) is 13.5 Å². The second kappa shape index (κ2) is 5.00. The van der Waals surface area contributed by atoms with Crippen molar-refractivity contribution < 1.29 is 14.3 Å². The highest BCUT2D eigenvalue weighted by Crippen LogP contribution is 2.56. The summed E-state index contributed by atoms with van der Waals surface area (Å²) in [5.41, 5.74) is 2.98. The number of aryl methyl sites for hydroxylation is 1. The van der Waals surface area contributed by atoms with Crippen molar-refractivity contribution in [3.63, 3.8) is 0 Å². The van der Waals surface area contributed by atoms with E-state index in [0.717, 1.165) is 25.0 Å². The number of benzene rings is 1. The van der Waals surface area contributed by atoms with Crippen molar-refractivity contribution in [2.45, 2.75) is 51.6 Å². The van der Waals surface area contributed by atoms with Crippen LogP contribution in [0.15, 0.2) is 18.2 Å². The number of rotatable bonds is 2. The van der Waals surface area contributed by atoms with Crippen LogP contribution in [0.4, 0.5) is 0 Å². The Kier molecular flexibility index (Phi) is 3.21. The molecule has 1 aliphatic heterocycles. The summed E-state index contributed by atoms with van der Waals surface area (Å²) in [5.74, 6) is 2.28. The lowest BCUT2D eigenvalue weighted by Crippen LogP contribution is -2.35. The van der Waals surface area contributed by atoms with E-state index in [4.69, 9.17) is 9.47 Å². The molecule has 22 heavy (non-hydrogen) atoms. The van der Waals surface area contributed by atoms with Gasteiger partial charge in [-0.25, -0.2) is 0 Å². The number of carbonyl (C=O) groups excluding carboxylic acids is 1. The van der Waals surface area contributed by atoms with Gasteiger partial charge in [0, 0.05) is 5.41 Å². The zero-order valence-corrected chi connectivity index (χ0v) is 13.4. The lowest BCUT2D eigenvalue weighted by Gasteiger charge is -2.37. The molecule has 0 amide bonds. The quantitative estimate of drug-likeness (QED) is 0.784. The van der Waals surface area contributed by atoms with Gasteiger partial charge < -0.3 is 9.47 Å². The summed E-state index contributed by atoms with van der Waals surface area (Å²) >= 11 is 0. The van der Waals surface area contributed by atoms with Crippen LogP contribution in [0.25, 0.3) is 0 Å². The third-order valence-electron chi connectivity index (χ3n) is 6.37. The number of methoxy groups -OCH3 is 1. The van der Waals surface area contributed by atoms with E-state index in [-0.39, 0.29) is 17.5 Å². The molecular formula is C19H24O3. The average Bonchev–Trinajstić information content (AvgIpc) is 2.97. The molecule has 2 fully saturated rings. The fourth-order valence-electron chi connectivity index (χ4n) is 5.18. The molecule has 3 aliphatic rings. The van der Waals surface area contributed by atoms with Crippen molar-refractivity contribution in [3.05, 3.63) is 29.3 Å². The van der Waals surface area contributed by atoms with E-state index in [1.165, 1.54) is 24.0 Å². The molecular weight excluding hydrogens is 276 g/mol. The van der Waals surface area contributed by atoms with Crippen LogP contribution in [0, 0.1) is 17.3 Å². The molecule has 1 aromatic carbocycles. The molecule has 2 aliphatic carbocycles. The molecule has 4 rings (SSSR count). The topological polar surface area (TPSA) is 35.5 Å². The van der Waals surface area contributed by atoms with Crippen molar-refractivity contribution in [3.8, 4) is 5.75 Å². The van der Waals surface area contributed by atoms with Crippen molar-refractivity contribution in [1.82, 2.24) is 0 Å². The number of hydrogen-bond donors (Lipinski definition) is 0. The predicted molar refractivity (Wildman–Crippen MR) is 83.8 cm³/mol. The molecule has 1 saturated carbocycles. The highest BCUT2D eigenvalue weighted by atomic mass is 16.6.